The lowest BCUT2D eigenvalue weighted by molar-refractivity contribution is -0.140. The maximum absolute atomic E-state index is 14.2. The van der Waals surface area contributed by atoms with Crippen LogP contribution in [-0.4, -0.2) is 65.0 Å². The Morgan fingerprint density at radius 3 is 2.40 bits per heavy atom. The Bertz CT molecular complexity index is 1700. The van der Waals surface area contributed by atoms with E-state index in [1.54, 1.807) is 43.8 Å². The highest BCUT2D eigenvalue weighted by atomic mass is 16.5. The molecule has 11 heteroatoms. The monoisotopic (exact) mass is 579 g/mol. The Morgan fingerprint density at radius 2 is 1.70 bits per heavy atom. The lowest BCUT2D eigenvalue weighted by Gasteiger charge is -2.32. The zero-order chi connectivity index (χ0) is 30.3. The van der Waals surface area contributed by atoms with Crippen LogP contribution in [0.15, 0.2) is 91.3 Å². The van der Waals surface area contributed by atoms with Gasteiger partial charge in [-0.05, 0) is 65.7 Å². The van der Waals surface area contributed by atoms with Gasteiger partial charge in [-0.3, -0.25) is 14.6 Å². The summed E-state index contributed by atoms with van der Waals surface area (Å²) in [6.07, 6.45) is 3.34. The quantitative estimate of drug-likeness (QED) is 0.246. The lowest BCUT2D eigenvalue weighted by Crippen LogP contribution is -2.42. The normalized spacial score (nSPS) is 11.5. The number of pyridine rings is 1. The minimum atomic E-state index is -1.05. The average molecular weight is 580 g/mol. The third-order valence-corrected chi connectivity index (χ3v) is 7.04. The number of carbonyl (C=O) groups excluding carboxylic acids is 2. The molecule has 1 N–H and O–H groups in total. The fraction of sp³-hybridized carbons (Fsp3) is 0.219. The van der Waals surface area contributed by atoms with Gasteiger partial charge in [-0.15, -0.1) is 5.10 Å². The van der Waals surface area contributed by atoms with E-state index in [0.717, 1.165) is 11.3 Å². The summed E-state index contributed by atoms with van der Waals surface area (Å²) in [5.74, 6) is 0.205. The van der Waals surface area contributed by atoms with Crippen LogP contribution in [0.25, 0.3) is 11.0 Å². The standard InChI is InChI=1S/C32H33N7O4/c1-37(2)25-14-12-24(13-15-25)34-32(41)31(23-11-16-28(42-3)29(18-23)43-4)38(20-22-8-7-17-33-19-22)30(40)21-39-27-10-6-5-9-26(27)35-36-39/h5-19,31H,20-21H2,1-4H3,(H,34,41). The zero-order valence-electron chi connectivity index (χ0n) is 24.5. The smallest absolute Gasteiger partial charge is 0.251 e. The van der Waals surface area contributed by atoms with Gasteiger partial charge in [-0.1, -0.05) is 29.5 Å². The number of nitrogens with one attached hydrogen (secondary N) is 1. The predicted octanol–water partition coefficient (Wildman–Crippen LogP) is 4.32. The van der Waals surface area contributed by atoms with Gasteiger partial charge in [-0.25, -0.2) is 4.68 Å². The fourth-order valence-corrected chi connectivity index (χ4v) is 4.81. The van der Waals surface area contributed by atoms with Gasteiger partial charge in [0.1, 0.15) is 18.1 Å². The fourth-order valence-electron chi connectivity index (χ4n) is 4.81. The SMILES string of the molecule is COc1ccc(C(C(=O)Nc2ccc(N(C)C)cc2)N(Cc2cccnc2)C(=O)Cn2nnc3ccccc32)cc1OC. The number of benzene rings is 3. The first-order valence-electron chi connectivity index (χ1n) is 13.6. The van der Waals surface area contributed by atoms with Crippen LogP contribution in [0.1, 0.15) is 17.2 Å². The van der Waals surface area contributed by atoms with Gasteiger partial charge in [-0.2, -0.15) is 0 Å². The van der Waals surface area contributed by atoms with Crippen molar-refractivity contribution in [1.29, 1.82) is 0 Å². The second kappa shape index (κ2) is 13.0. The average Bonchev–Trinajstić information content (AvgIpc) is 3.43. The van der Waals surface area contributed by atoms with E-state index in [9.17, 15) is 9.59 Å². The maximum Gasteiger partial charge on any atom is 0.251 e. The highest BCUT2D eigenvalue weighted by Gasteiger charge is 2.33. The van der Waals surface area contributed by atoms with E-state index in [2.05, 4.69) is 20.6 Å². The Kier molecular flexibility index (Phi) is 8.80. The first-order valence-corrected chi connectivity index (χ1v) is 13.6. The van der Waals surface area contributed by atoms with Crippen molar-refractivity contribution in [3.05, 3.63) is 102 Å². The molecule has 2 heterocycles. The highest BCUT2D eigenvalue weighted by Crippen LogP contribution is 2.34. The van der Waals surface area contributed by atoms with E-state index < -0.39 is 11.9 Å². The molecule has 0 spiro atoms. The Balaban J connectivity index is 1.57. The summed E-state index contributed by atoms with van der Waals surface area (Å²) in [5.41, 5.74) is 4.27. The second-order valence-corrected chi connectivity index (χ2v) is 10.1. The van der Waals surface area contributed by atoms with Gasteiger partial charge in [0.25, 0.3) is 5.91 Å². The van der Waals surface area contributed by atoms with Crippen LogP contribution in [0.2, 0.25) is 0 Å². The molecule has 5 rings (SSSR count). The molecule has 0 saturated carbocycles. The molecule has 220 valence electrons. The van der Waals surface area contributed by atoms with E-state index in [0.29, 0.717) is 33.8 Å². The van der Waals surface area contributed by atoms with Gasteiger partial charge in [0.05, 0.1) is 19.7 Å². The molecule has 0 aliphatic carbocycles. The van der Waals surface area contributed by atoms with Gasteiger partial charge in [0.2, 0.25) is 5.91 Å². The third-order valence-electron chi connectivity index (χ3n) is 7.04. The van der Waals surface area contributed by atoms with Crippen molar-refractivity contribution in [1.82, 2.24) is 24.9 Å². The zero-order valence-corrected chi connectivity index (χ0v) is 24.5. The second-order valence-electron chi connectivity index (χ2n) is 10.1. The molecule has 0 saturated heterocycles. The lowest BCUT2D eigenvalue weighted by atomic mass is 10.0. The number of ether oxygens (including phenoxy) is 2. The van der Waals surface area contributed by atoms with Crippen LogP contribution in [-0.2, 0) is 22.7 Å². The molecule has 11 nitrogen and oxygen atoms in total. The van der Waals surface area contributed by atoms with Crippen molar-refractivity contribution in [2.45, 2.75) is 19.1 Å². The summed E-state index contributed by atoms with van der Waals surface area (Å²) in [5, 5.41) is 11.4. The van der Waals surface area contributed by atoms with Crippen LogP contribution < -0.4 is 19.7 Å². The van der Waals surface area contributed by atoms with E-state index >= 15 is 0 Å². The number of hydrogen-bond donors (Lipinski definition) is 1. The van der Waals surface area contributed by atoms with Crippen molar-refractivity contribution in [2.75, 3.05) is 38.5 Å². The van der Waals surface area contributed by atoms with Crippen LogP contribution >= 0.6 is 0 Å². The molecule has 2 aromatic heterocycles. The van der Waals surface area contributed by atoms with Crippen molar-refractivity contribution >= 4 is 34.2 Å². The molecule has 43 heavy (non-hydrogen) atoms. The number of hydrogen-bond acceptors (Lipinski definition) is 8. The Morgan fingerprint density at radius 1 is 0.930 bits per heavy atom. The number of anilines is 2. The topological polar surface area (TPSA) is 115 Å². The highest BCUT2D eigenvalue weighted by molar-refractivity contribution is 5.98. The van der Waals surface area contributed by atoms with Crippen molar-refractivity contribution in [2.24, 2.45) is 0 Å². The molecule has 1 unspecified atom stereocenters. The minimum absolute atomic E-state index is 0.116. The number of methoxy groups -OCH3 is 2. The van der Waals surface area contributed by atoms with Crippen molar-refractivity contribution in [3.8, 4) is 11.5 Å². The van der Waals surface area contributed by atoms with E-state index in [4.69, 9.17) is 9.47 Å². The molecule has 0 bridgehead atoms. The summed E-state index contributed by atoms with van der Waals surface area (Å²) in [6.45, 7) is -0.0132. The summed E-state index contributed by atoms with van der Waals surface area (Å²) in [7, 11) is 6.96. The van der Waals surface area contributed by atoms with E-state index in [1.807, 2.05) is 73.6 Å². The molecule has 2 amide bonds. The first kappa shape index (κ1) is 29.1. The Labute approximate surface area is 249 Å². The Hall–Kier alpha value is -5.45. The van der Waals surface area contributed by atoms with Crippen LogP contribution in [0.4, 0.5) is 11.4 Å². The molecule has 0 aliphatic rings. The van der Waals surface area contributed by atoms with Crippen molar-refractivity contribution < 1.29 is 19.1 Å². The van der Waals surface area contributed by atoms with Gasteiger partial charge >= 0.3 is 0 Å². The number of amides is 2. The number of nitrogens with zero attached hydrogens (tertiary/aromatic N) is 6. The summed E-state index contributed by atoms with van der Waals surface area (Å²) in [4.78, 5) is 36.1. The van der Waals surface area contributed by atoms with Crippen LogP contribution in [0, 0.1) is 0 Å². The number of para-hydroxylation sites is 1. The first-order chi connectivity index (χ1) is 20.9. The summed E-state index contributed by atoms with van der Waals surface area (Å²) in [6, 6.07) is 22.7. The molecule has 0 aliphatic heterocycles. The number of carbonyl (C=O) groups is 2. The molecule has 5 aromatic rings. The molecule has 0 fully saturated rings. The molecular weight excluding hydrogens is 546 g/mol. The largest absolute Gasteiger partial charge is 0.493 e. The number of fused-ring (bicyclic) bond motifs is 1. The molecule has 3 aromatic carbocycles. The van der Waals surface area contributed by atoms with Crippen LogP contribution in [0.5, 0.6) is 11.5 Å². The minimum Gasteiger partial charge on any atom is -0.493 e. The van der Waals surface area contributed by atoms with E-state index in [-0.39, 0.29) is 19.0 Å². The van der Waals surface area contributed by atoms with Crippen LogP contribution in [0.3, 0.4) is 0 Å². The molecule has 1 atom stereocenters. The third kappa shape index (κ3) is 6.56. The predicted molar refractivity (Wildman–Crippen MR) is 164 cm³/mol. The maximum atomic E-state index is 14.2. The molecular formula is C32H33N7O4. The number of aromatic nitrogens is 4. The van der Waals surface area contributed by atoms with Gasteiger partial charge < -0.3 is 24.6 Å². The molecule has 0 radical (unpaired) electrons. The van der Waals surface area contributed by atoms with E-state index in [1.165, 1.54) is 16.7 Å². The summed E-state index contributed by atoms with van der Waals surface area (Å²) >= 11 is 0. The summed E-state index contributed by atoms with van der Waals surface area (Å²) < 4.78 is 12.5. The van der Waals surface area contributed by atoms with Gasteiger partial charge in [0.15, 0.2) is 11.5 Å². The number of rotatable bonds is 11. The van der Waals surface area contributed by atoms with Gasteiger partial charge in [0, 0.05) is 44.4 Å². The van der Waals surface area contributed by atoms with Crippen molar-refractivity contribution in [3.63, 3.8) is 0 Å².